The first-order chi connectivity index (χ1) is 7.58. The van der Waals surface area contributed by atoms with Gasteiger partial charge in [0.05, 0.1) is 5.02 Å². The summed E-state index contributed by atoms with van der Waals surface area (Å²) < 4.78 is 12.9. The summed E-state index contributed by atoms with van der Waals surface area (Å²) in [6.45, 7) is 0. The topological polar surface area (TPSA) is 68.4 Å². The molecule has 0 radical (unpaired) electrons. The molecule has 84 valence electrons. The van der Waals surface area contributed by atoms with Crippen molar-refractivity contribution in [2.45, 2.75) is 0 Å². The average Bonchev–Trinajstić information content (AvgIpc) is 2.25. The molecule has 1 rings (SSSR count). The summed E-state index contributed by atoms with van der Waals surface area (Å²) in [5, 5.41) is 20.3. The minimum absolute atomic E-state index is 0.0958. The number of amidine groups is 1. The normalized spacial score (nSPS) is 11.0. The molecule has 2 N–H and O–H groups in total. The first-order valence-corrected chi connectivity index (χ1v) is 5.64. The van der Waals surface area contributed by atoms with Crippen LogP contribution in [0.2, 0.25) is 5.02 Å². The van der Waals surface area contributed by atoms with Gasteiger partial charge in [-0.2, -0.15) is 5.26 Å². The highest BCUT2D eigenvalue weighted by atomic mass is 35.5. The highest BCUT2D eigenvalue weighted by Gasteiger charge is 2.08. The second kappa shape index (κ2) is 5.58. The van der Waals surface area contributed by atoms with E-state index in [2.05, 4.69) is 10.3 Å². The van der Waals surface area contributed by atoms with E-state index in [0.717, 1.165) is 6.07 Å². The molecule has 1 aromatic carbocycles. The van der Waals surface area contributed by atoms with E-state index in [1.165, 1.54) is 17.8 Å². The van der Waals surface area contributed by atoms with E-state index in [0.29, 0.717) is 0 Å². The molecule has 0 aliphatic rings. The first kappa shape index (κ1) is 12.6. The second-order valence-electron chi connectivity index (χ2n) is 2.61. The molecule has 0 unspecified atom stereocenters. The number of thioether (sulfide) groups is 1. The van der Waals surface area contributed by atoms with Crippen molar-refractivity contribution in [1.29, 1.82) is 5.26 Å². The number of rotatable bonds is 1. The molecule has 0 amide bonds. The molecule has 16 heavy (non-hydrogen) atoms. The van der Waals surface area contributed by atoms with Gasteiger partial charge >= 0.3 is 0 Å². The predicted molar refractivity (Wildman–Crippen MR) is 62.4 cm³/mol. The lowest BCUT2D eigenvalue weighted by atomic mass is 10.3. The van der Waals surface area contributed by atoms with Crippen LogP contribution in [0.1, 0.15) is 0 Å². The standard InChI is InChI=1S/C9H7ClFN3OS/c1-16-9(13-4-12)14-7-2-5(10)6(11)3-8(7)15/h2-3,15H,1H3,(H,13,14). The van der Waals surface area contributed by atoms with E-state index < -0.39 is 5.82 Å². The number of aromatic hydroxyl groups is 1. The molecule has 0 bridgehead atoms. The number of halogens is 2. The molecule has 1 aromatic rings. The molecule has 4 nitrogen and oxygen atoms in total. The van der Waals surface area contributed by atoms with Gasteiger partial charge in [-0.25, -0.2) is 9.38 Å². The average molecular weight is 260 g/mol. The maximum Gasteiger partial charge on any atom is 0.183 e. The Kier molecular flexibility index (Phi) is 4.40. The zero-order valence-corrected chi connectivity index (χ0v) is 9.73. The van der Waals surface area contributed by atoms with Crippen molar-refractivity contribution in [2.75, 3.05) is 6.26 Å². The fraction of sp³-hybridized carbons (Fsp3) is 0.111. The van der Waals surface area contributed by atoms with E-state index in [9.17, 15) is 9.50 Å². The van der Waals surface area contributed by atoms with Gasteiger partial charge in [-0.1, -0.05) is 23.4 Å². The molecule has 0 atom stereocenters. The molecular weight excluding hydrogens is 253 g/mol. The second-order valence-corrected chi connectivity index (χ2v) is 3.82. The van der Waals surface area contributed by atoms with Gasteiger partial charge in [-0.15, -0.1) is 0 Å². The van der Waals surface area contributed by atoms with E-state index in [1.807, 2.05) is 0 Å². The van der Waals surface area contributed by atoms with Crippen molar-refractivity contribution < 1.29 is 9.50 Å². The Bertz CT molecular complexity index is 473. The molecule has 0 aromatic heterocycles. The molecule has 0 heterocycles. The summed E-state index contributed by atoms with van der Waals surface area (Å²) in [6.07, 6.45) is 3.39. The van der Waals surface area contributed by atoms with Crippen LogP contribution in [-0.2, 0) is 0 Å². The zero-order chi connectivity index (χ0) is 12.1. The van der Waals surface area contributed by atoms with Gasteiger partial charge < -0.3 is 5.11 Å². The van der Waals surface area contributed by atoms with Crippen molar-refractivity contribution in [3.8, 4) is 11.9 Å². The molecule has 7 heteroatoms. The van der Waals surface area contributed by atoms with Crippen LogP contribution in [-0.4, -0.2) is 16.5 Å². The Labute approximate surface area is 101 Å². The lowest BCUT2D eigenvalue weighted by Crippen LogP contribution is -2.12. The number of nitriles is 1. The Balaban J connectivity index is 3.14. The van der Waals surface area contributed by atoms with Crippen LogP contribution >= 0.6 is 23.4 Å². The summed E-state index contributed by atoms with van der Waals surface area (Å²) in [5.74, 6) is -1.06. The van der Waals surface area contributed by atoms with E-state index >= 15 is 0 Å². The number of benzene rings is 1. The van der Waals surface area contributed by atoms with Crippen molar-refractivity contribution in [3.63, 3.8) is 0 Å². The van der Waals surface area contributed by atoms with Gasteiger partial charge in [0.2, 0.25) is 0 Å². The van der Waals surface area contributed by atoms with Gasteiger partial charge in [-0.05, 0) is 12.3 Å². The lowest BCUT2D eigenvalue weighted by molar-refractivity contribution is 0.471. The smallest absolute Gasteiger partial charge is 0.183 e. The Morgan fingerprint density at radius 3 is 2.94 bits per heavy atom. The van der Waals surface area contributed by atoms with Gasteiger partial charge in [-0.3, -0.25) is 5.32 Å². The van der Waals surface area contributed by atoms with Crippen LogP contribution in [0, 0.1) is 17.3 Å². The summed E-state index contributed by atoms with van der Waals surface area (Å²) in [5.41, 5.74) is 0.0958. The maximum absolute atomic E-state index is 12.9. The van der Waals surface area contributed by atoms with Crippen molar-refractivity contribution in [3.05, 3.63) is 23.0 Å². The number of hydrogen-bond acceptors (Lipinski definition) is 4. The third-order valence-corrected chi connectivity index (χ3v) is 2.47. The predicted octanol–water partition coefficient (Wildman–Crippen LogP) is 2.61. The Morgan fingerprint density at radius 1 is 1.69 bits per heavy atom. The molecule has 0 saturated carbocycles. The van der Waals surface area contributed by atoms with Gasteiger partial charge in [0.1, 0.15) is 17.3 Å². The SMILES string of the molecule is CSC(=Nc1cc(Cl)c(F)cc1O)NC#N. The van der Waals surface area contributed by atoms with E-state index in [-0.39, 0.29) is 21.6 Å². The van der Waals surface area contributed by atoms with Gasteiger partial charge in [0.15, 0.2) is 11.4 Å². The van der Waals surface area contributed by atoms with Gasteiger partial charge in [0.25, 0.3) is 0 Å². The summed E-state index contributed by atoms with van der Waals surface area (Å²) >= 11 is 6.72. The van der Waals surface area contributed by atoms with Crippen LogP contribution in [0.25, 0.3) is 0 Å². The van der Waals surface area contributed by atoms with Gasteiger partial charge in [0, 0.05) is 6.07 Å². The van der Waals surface area contributed by atoms with Crippen LogP contribution in [0.5, 0.6) is 5.75 Å². The molecule has 0 saturated heterocycles. The van der Waals surface area contributed by atoms with Crippen LogP contribution in [0.3, 0.4) is 0 Å². The third-order valence-electron chi connectivity index (χ3n) is 1.60. The fourth-order valence-corrected chi connectivity index (χ4v) is 1.39. The minimum atomic E-state index is -0.725. The number of nitrogens with zero attached hydrogens (tertiary/aromatic N) is 2. The quantitative estimate of drug-likeness (QED) is 0.352. The maximum atomic E-state index is 12.9. The molecule has 0 fully saturated rings. The number of phenols is 1. The highest BCUT2D eigenvalue weighted by Crippen LogP contribution is 2.32. The van der Waals surface area contributed by atoms with Crippen LogP contribution in [0.4, 0.5) is 10.1 Å². The van der Waals surface area contributed by atoms with E-state index in [1.54, 1.807) is 12.4 Å². The lowest BCUT2D eigenvalue weighted by Gasteiger charge is -2.03. The minimum Gasteiger partial charge on any atom is -0.506 e. The summed E-state index contributed by atoms with van der Waals surface area (Å²) in [4.78, 5) is 3.91. The number of phenolic OH excluding ortho intramolecular Hbond substituents is 1. The Morgan fingerprint density at radius 2 is 2.38 bits per heavy atom. The largest absolute Gasteiger partial charge is 0.506 e. The molecule has 0 aliphatic carbocycles. The number of nitrogens with one attached hydrogen (secondary N) is 1. The fourth-order valence-electron chi connectivity index (χ4n) is 0.897. The highest BCUT2D eigenvalue weighted by molar-refractivity contribution is 8.13. The van der Waals surface area contributed by atoms with E-state index in [4.69, 9.17) is 16.9 Å². The number of aliphatic imine (C=N–C) groups is 1. The van der Waals surface area contributed by atoms with Crippen molar-refractivity contribution in [1.82, 2.24) is 5.32 Å². The van der Waals surface area contributed by atoms with Crippen LogP contribution in [0.15, 0.2) is 17.1 Å². The Hall–Kier alpha value is -1.45. The summed E-state index contributed by atoms with van der Waals surface area (Å²) in [7, 11) is 0. The summed E-state index contributed by atoms with van der Waals surface area (Å²) in [6, 6.07) is 2.05. The molecule has 0 aliphatic heterocycles. The zero-order valence-electron chi connectivity index (χ0n) is 8.16. The third kappa shape index (κ3) is 3.02. The monoisotopic (exact) mass is 259 g/mol. The number of hydrogen-bond donors (Lipinski definition) is 2. The molecular formula is C9H7ClFN3OS. The van der Waals surface area contributed by atoms with Crippen molar-refractivity contribution in [2.24, 2.45) is 4.99 Å². The van der Waals surface area contributed by atoms with Crippen LogP contribution < -0.4 is 5.32 Å². The molecule has 0 spiro atoms. The van der Waals surface area contributed by atoms with Crippen molar-refractivity contribution >= 4 is 34.2 Å². The first-order valence-electron chi connectivity index (χ1n) is 4.04.